The van der Waals surface area contributed by atoms with Crippen LogP contribution in [-0.2, 0) is 0 Å². The summed E-state index contributed by atoms with van der Waals surface area (Å²) in [4.78, 5) is 12.4. The van der Waals surface area contributed by atoms with E-state index in [1.807, 2.05) is 24.3 Å². The highest BCUT2D eigenvalue weighted by molar-refractivity contribution is 5.99. The van der Waals surface area contributed by atoms with Crippen LogP contribution >= 0.6 is 0 Å². The Morgan fingerprint density at radius 3 is 2.62 bits per heavy atom. The van der Waals surface area contributed by atoms with Crippen molar-refractivity contribution in [3.8, 4) is 0 Å². The molecule has 0 aromatic heterocycles. The monoisotopic (exact) mass is 288 g/mol. The van der Waals surface area contributed by atoms with Gasteiger partial charge in [0.05, 0.1) is 5.56 Å². The largest absolute Gasteiger partial charge is 0.384 e. The lowest BCUT2D eigenvalue weighted by Crippen LogP contribution is -2.31. The van der Waals surface area contributed by atoms with Crippen molar-refractivity contribution in [1.29, 1.82) is 0 Å². The Morgan fingerprint density at radius 2 is 1.90 bits per heavy atom. The van der Waals surface area contributed by atoms with E-state index in [-0.39, 0.29) is 5.91 Å². The quantitative estimate of drug-likeness (QED) is 0.828. The third kappa shape index (κ3) is 4.76. The molecule has 0 atom stereocenters. The first-order chi connectivity index (χ1) is 10.2. The summed E-state index contributed by atoms with van der Waals surface area (Å²) < 4.78 is 0. The molecule has 0 aliphatic heterocycles. The van der Waals surface area contributed by atoms with E-state index in [0.717, 1.165) is 36.7 Å². The van der Waals surface area contributed by atoms with Crippen molar-refractivity contribution in [2.24, 2.45) is 11.8 Å². The Bertz CT molecular complexity index is 450. The first-order valence-electron chi connectivity index (χ1n) is 8.31. The number of amides is 1. The summed E-state index contributed by atoms with van der Waals surface area (Å²) in [6.07, 6.45) is 6.15. The molecule has 0 unspecified atom stereocenters. The number of hydrogen-bond acceptors (Lipinski definition) is 2. The molecule has 116 valence electrons. The number of benzene rings is 1. The van der Waals surface area contributed by atoms with E-state index in [1.165, 1.54) is 25.7 Å². The van der Waals surface area contributed by atoms with Crippen LogP contribution in [0.4, 0.5) is 5.69 Å². The van der Waals surface area contributed by atoms with Crippen molar-refractivity contribution in [1.82, 2.24) is 5.32 Å². The fraction of sp³-hybridized carbons (Fsp3) is 0.611. The van der Waals surface area contributed by atoms with E-state index in [9.17, 15) is 4.79 Å². The number of carbonyl (C=O) groups excluding carboxylic acids is 1. The van der Waals surface area contributed by atoms with Gasteiger partial charge in [-0.05, 0) is 43.2 Å². The van der Waals surface area contributed by atoms with E-state index in [0.29, 0.717) is 5.92 Å². The Balaban J connectivity index is 1.88. The van der Waals surface area contributed by atoms with Crippen LogP contribution in [0.15, 0.2) is 24.3 Å². The molecule has 0 saturated heterocycles. The number of rotatable bonds is 6. The van der Waals surface area contributed by atoms with E-state index in [4.69, 9.17) is 0 Å². The molecule has 0 heterocycles. The van der Waals surface area contributed by atoms with E-state index in [2.05, 4.69) is 24.5 Å². The molecular weight excluding hydrogens is 260 g/mol. The Hall–Kier alpha value is -1.51. The van der Waals surface area contributed by atoms with Gasteiger partial charge in [0.25, 0.3) is 5.91 Å². The lowest BCUT2D eigenvalue weighted by molar-refractivity contribution is 0.0942. The first kappa shape index (κ1) is 15.9. The van der Waals surface area contributed by atoms with Gasteiger partial charge in [0.1, 0.15) is 0 Å². The molecule has 21 heavy (non-hydrogen) atoms. The summed E-state index contributed by atoms with van der Waals surface area (Å²) in [5.41, 5.74) is 1.70. The standard InChI is InChI=1S/C18H28N2O/c1-3-12-19-17-7-5-4-6-16(17)18(21)20-13-15-10-8-14(2)9-11-15/h4-7,14-15,19H,3,8-13H2,1-2H3,(H,20,21). The maximum absolute atomic E-state index is 12.4. The zero-order valence-electron chi connectivity index (χ0n) is 13.3. The number of hydrogen-bond donors (Lipinski definition) is 2. The van der Waals surface area contributed by atoms with Crippen LogP contribution in [0.2, 0.25) is 0 Å². The van der Waals surface area contributed by atoms with Crippen molar-refractivity contribution in [3.63, 3.8) is 0 Å². The molecule has 1 aliphatic rings. The summed E-state index contributed by atoms with van der Waals surface area (Å²) in [5, 5.41) is 6.45. The molecule has 1 aliphatic carbocycles. The molecule has 1 aromatic carbocycles. The molecule has 0 bridgehead atoms. The molecule has 0 radical (unpaired) electrons. The van der Waals surface area contributed by atoms with Gasteiger partial charge in [0.2, 0.25) is 0 Å². The van der Waals surface area contributed by atoms with Crippen LogP contribution in [0.1, 0.15) is 56.3 Å². The second-order valence-corrected chi connectivity index (χ2v) is 6.31. The third-order valence-corrected chi connectivity index (χ3v) is 4.42. The molecule has 1 saturated carbocycles. The van der Waals surface area contributed by atoms with E-state index in [1.54, 1.807) is 0 Å². The van der Waals surface area contributed by atoms with Crippen molar-refractivity contribution in [3.05, 3.63) is 29.8 Å². The van der Waals surface area contributed by atoms with Gasteiger partial charge in [-0.2, -0.15) is 0 Å². The lowest BCUT2D eigenvalue weighted by atomic mass is 9.83. The summed E-state index contributed by atoms with van der Waals surface area (Å²) in [7, 11) is 0. The highest BCUT2D eigenvalue weighted by Gasteiger charge is 2.19. The normalized spacial score (nSPS) is 21.8. The van der Waals surface area contributed by atoms with Gasteiger partial charge >= 0.3 is 0 Å². The van der Waals surface area contributed by atoms with Crippen LogP contribution in [0.25, 0.3) is 0 Å². The summed E-state index contributed by atoms with van der Waals surface area (Å²) in [5.74, 6) is 1.56. The zero-order valence-corrected chi connectivity index (χ0v) is 13.3. The number of para-hydroxylation sites is 1. The molecule has 2 N–H and O–H groups in total. The van der Waals surface area contributed by atoms with Crippen LogP contribution in [-0.4, -0.2) is 19.0 Å². The molecule has 3 heteroatoms. The van der Waals surface area contributed by atoms with Crippen LogP contribution in [0.3, 0.4) is 0 Å². The van der Waals surface area contributed by atoms with Crippen molar-refractivity contribution < 1.29 is 4.79 Å². The van der Waals surface area contributed by atoms with Gasteiger partial charge in [0, 0.05) is 18.8 Å². The van der Waals surface area contributed by atoms with Crippen LogP contribution in [0.5, 0.6) is 0 Å². The summed E-state index contributed by atoms with van der Waals surface area (Å²) in [6.45, 7) is 6.16. The number of carbonyl (C=O) groups is 1. The zero-order chi connectivity index (χ0) is 15.1. The first-order valence-corrected chi connectivity index (χ1v) is 8.31. The fourth-order valence-corrected chi connectivity index (χ4v) is 2.96. The third-order valence-electron chi connectivity index (χ3n) is 4.42. The van der Waals surface area contributed by atoms with Crippen LogP contribution < -0.4 is 10.6 Å². The average molecular weight is 288 g/mol. The Kier molecular flexibility index (Phi) is 6.09. The highest BCUT2D eigenvalue weighted by atomic mass is 16.1. The molecular formula is C18H28N2O. The molecule has 0 spiro atoms. The maximum Gasteiger partial charge on any atom is 0.253 e. The summed E-state index contributed by atoms with van der Waals surface area (Å²) in [6, 6.07) is 7.77. The predicted molar refractivity (Wildman–Crippen MR) is 88.7 cm³/mol. The second kappa shape index (κ2) is 8.06. The van der Waals surface area contributed by atoms with Gasteiger partial charge < -0.3 is 10.6 Å². The molecule has 2 rings (SSSR count). The maximum atomic E-state index is 12.4. The Labute approximate surface area is 128 Å². The second-order valence-electron chi connectivity index (χ2n) is 6.31. The predicted octanol–water partition coefficient (Wildman–Crippen LogP) is 4.06. The van der Waals surface area contributed by atoms with Gasteiger partial charge in [-0.3, -0.25) is 4.79 Å². The van der Waals surface area contributed by atoms with Crippen molar-refractivity contribution >= 4 is 11.6 Å². The molecule has 1 fully saturated rings. The smallest absolute Gasteiger partial charge is 0.253 e. The minimum atomic E-state index is 0.0489. The molecule has 1 amide bonds. The summed E-state index contributed by atoms with van der Waals surface area (Å²) >= 11 is 0. The van der Waals surface area contributed by atoms with Gasteiger partial charge in [-0.1, -0.05) is 38.8 Å². The topological polar surface area (TPSA) is 41.1 Å². The van der Waals surface area contributed by atoms with E-state index >= 15 is 0 Å². The van der Waals surface area contributed by atoms with Gasteiger partial charge in [-0.15, -0.1) is 0 Å². The lowest BCUT2D eigenvalue weighted by Gasteiger charge is -2.26. The average Bonchev–Trinajstić information content (AvgIpc) is 2.52. The minimum absolute atomic E-state index is 0.0489. The van der Waals surface area contributed by atoms with Gasteiger partial charge in [0.15, 0.2) is 0 Å². The SMILES string of the molecule is CCCNc1ccccc1C(=O)NCC1CCC(C)CC1. The molecule has 3 nitrogen and oxygen atoms in total. The fourth-order valence-electron chi connectivity index (χ4n) is 2.96. The Morgan fingerprint density at radius 1 is 1.19 bits per heavy atom. The highest BCUT2D eigenvalue weighted by Crippen LogP contribution is 2.27. The number of anilines is 1. The van der Waals surface area contributed by atoms with E-state index < -0.39 is 0 Å². The molecule has 1 aromatic rings. The van der Waals surface area contributed by atoms with Gasteiger partial charge in [-0.25, -0.2) is 0 Å². The van der Waals surface area contributed by atoms with Crippen molar-refractivity contribution in [2.75, 3.05) is 18.4 Å². The minimum Gasteiger partial charge on any atom is -0.384 e. The number of nitrogens with one attached hydrogen (secondary N) is 2. The van der Waals surface area contributed by atoms with Crippen molar-refractivity contribution in [2.45, 2.75) is 46.0 Å². The van der Waals surface area contributed by atoms with Crippen LogP contribution in [0, 0.1) is 11.8 Å².